The number of ether oxygens (including phenoxy) is 1. The van der Waals surface area contributed by atoms with E-state index in [9.17, 15) is 13.2 Å². The van der Waals surface area contributed by atoms with Gasteiger partial charge in [-0.3, -0.25) is 4.72 Å². The van der Waals surface area contributed by atoms with Crippen LogP contribution in [0.25, 0.3) is 0 Å². The van der Waals surface area contributed by atoms with Crippen molar-refractivity contribution in [3.8, 4) is 11.5 Å². The van der Waals surface area contributed by atoms with E-state index in [0.29, 0.717) is 16.5 Å². The number of anilines is 1. The number of nitrogens with one attached hydrogen (secondary N) is 1. The lowest BCUT2D eigenvalue weighted by molar-refractivity contribution is 0.0693. The first-order chi connectivity index (χ1) is 12.4. The predicted molar refractivity (Wildman–Crippen MR) is 97.8 cm³/mol. The van der Waals surface area contributed by atoms with Crippen LogP contribution in [0.3, 0.4) is 0 Å². The first-order valence-corrected chi connectivity index (χ1v) is 9.79. The molecule has 0 saturated carbocycles. The van der Waals surface area contributed by atoms with Gasteiger partial charge in [0.25, 0.3) is 10.0 Å². The van der Waals surface area contributed by atoms with Crippen LogP contribution in [-0.2, 0) is 10.0 Å². The van der Waals surface area contributed by atoms with Crippen LogP contribution in [-0.4, -0.2) is 23.9 Å². The highest BCUT2D eigenvalue weighted by Gasteiger charge is 2.20. The van der Waals surface area contributed by atoms with Crippen LogP contribution in [0.1, 0.15) is 10.5 Å². The van der Waals surface area contributed by atoms with E-state index in [0.717, 1.165) is 11.5 Å². The van der Waals surface area contributed by atoms with Crippen molar-refractivity contribution in [3.05, 3.63) is 64.6 Å². The maximum Gasteiger partial charge on any atom is 0.357 e. The molecule has 1 aromatic heterocycles. The average Bonchev–Trinajstić information content (AvgIpc) is 3.05. The number of carboxylic acid groups (broad SMARTS) is 1. The molecule has 0 spiro atoms. The molecule has 0 fully saturated rings. The Morgan fingerprint density at radius 1 is 1.15 bits per heavy atom. The van der Waals surface area contributed by atoms with Gasteiger partial charge in [-0.2, -0.15) is 4.37 Å². The van der Waals surface area contributed by atoms with Crippen molar-refractivity contribution in [1.82, 2.24) is 4.37 Å². The molecular weight excluding hydrogens is 400 g/mol. The van der Waals surface area contributed by atoms with Crippen molar-refractivity contribution in [2.75, 3.05) is 4.72 Å². The van der Waals surface area contributed by atoms with Gasteiger partial charge in [-0.1, -0.05) is 23.7 Å². The third kappa shape index (κ3) is 3.96. The number of hydrogen-bond acceptors (Lipinski definition) is 6. The highest BCUT2D eigenvalue weighted by atomic mass is 35.5. The molecule has 10 heteroatoms. The Hall–Kier alpha value is -2.62. The summed E-state index contributed by atoms with van der Waals surface area (Å²) in [5.41, 5.74) is -0.434. The minimum Gasteiger partial charge on any atom is -0.476 e. The largest absolute Gasteiger partial charge is 0.476 e. The standard InChI is InChI=1S/C16H11ClN2O5S2/c17-12-3-1-2-4-14(12)24-10-5-7-11(8-6-10)26(22,23)19-13-9-25-18-15(13)16(20)21/h1-9,19H,(H,20,21). The van der Waals surface area contributed by atoms with Crippen molar-refractivity contribution in [1.29, 1.82) is 0 Å². The van der Waals surface area contributed by atoms with Crippen molar-refractivity contribution in [2.24, 2.45) is 0 Å². The molecular formula is C16H11ClN2O5S2. The number of halogens is 1. The quantitative estimate of drug-likeness (QED) is 0.634. The number of sulfonamides is 1. The molecule has 0 unspecified atom stereocenters. The fourth-order valence-corrected chi connectivity index (χ4v) is 3.93. The SMILES string of the molecule is O=C(O)c1nscc1NS(=O)(=O)c1ccc(Oc2ccccc2Cl)cc1. The second-order valence-electron chi connectivity index (χ2n) is 4.99. The molecule has 7 nitrogen and oxygen atoms in total. The lowest BCUT2D eigenvalue weighted by Crippen LogP contribution is -2.14. The predicted octanol–water partition coefficient (Wildman–Crippen LogP) is 4.09. The van der Waals surface area contributed by atoms with Gasteiger partial charge in [0, 0.05) is 5.38 Å². The summed E-state index contributed by atoms with van der Waals surface area (Å²) < 4.78 is 36.3. The number of rotatable bonds is 6. The highest BCUT2D eigenvalue weighted by Crippen LogP contribution is 2.29. The van der Waals surface area contributed by atoms with Crippen LogP contribution in [0.15, 0.2) is 58.8 Å². The Morgan fingerprint density at radius 2 is 1.85 bits per heavy atom. The van der Waals surface area contributed by atoms with Crippen molar-refractivity contribution in [3.63, 3.8) is 0 Å². The van der Waals surface area contributed by atoms with Crippen LogP contribution in [0.5, 0.6) is 11.5 Å². The molecule has 0 amide bonds. The van der Waals surface area contributed by atoms with Gasteiger partial charge in [0.1, 0.15) is 11.5 Å². The number of carboxylic acids is 1. The monoisotopic (exact) mass is 410 g/mol. The fourth-order valence-electron chi connectivity index (χ4n) is 2.01. The number of aromatic nitrogens is 1. The molecule has 26 heavy (non-hydrogen) atoms. The second kappa shape index (κ2) is 7.32. The van der Waals surface area contributed by atoms with Crippen LogP contribution in [0.4, 0.5) is 5.69 Å². The molecule has 1 heterocycles. The minimum atomic E-state index is -3.97. The summed E-state index contributed by atoms with van der Waals surface area (Å²) in [6.07, 6.45) is 0. The maximum atomic E-state index is 12.4. The summed E-state index contributed by atoms with van der Waals surface area (Å²) in [7, 11) is -3.97. The Labute approximate surface area is 158 Å². The van der Waals surface area contributed by atoms with E-state index in [2.05, 4.69) is 9.10 Å². The molecule has 0 atom stereocenters. The maximum absolute atomic E-state index is 12.4. The molecule has 0 aliphatic heterocycles. The molecule has 134 valence electrons. The van der Waals surface area contributed by atoms with E-state index in [1.807, 2.05) is 0 Å². The van der Waals surface area contributed by atoms with Gasteiger partial charge in [0.05, 0.1) is 15.6 Å². The molecule has 0 saturated heterocycles. The normalized spacial score (nSPS) is 11.1. The van der Waals surface area contributed by atoms with E-state index >= 15 is 0 Å². The Morgan fingerprint density at radius 3 is 2.50 bits per heavy atom. The topological polar surface area (TPSA) is 106 Å². The molecule has 2 aromatic carbocycles. The van der Waals surface area contributed by atoms with E-state index in [1.165, 1.54) is 29.6 Å². The van der Waals surface area contributed by atoms with Gasteiger partial charge < -0.3 is 9.84 Å². The third-order valence-electron chi connectivity index (χ3n) is 3.22. The molecule has 2 N–H and O–H groups in total. The number of carbonyl (C=O) groups is 1. The molecule has 0 aliphatic rings. The van der Waals surface area contributed by atoms with Crippen molar-refractivity contribution in [2.45, 2.75) is 4.90 Å². The van der Waals surface area contributed by atoms with E-state index in [-0.39, 0.29) is 16.3 Å². The first-order valence-electron chi connectivity index (χ1n) is 7.10. The summed E-state index contributed by atoms with van der Waals surface area (Å²) in [6.45, 7) is 0. The molecule has 3 aromatic rings. The Bertz CT molecular complexity index is 1050. The summed E-state index contributed by atoms with van der Waals surface area (Å²) in [5.74, 6) is -0.466. The number of aromatic carboxylic acids is 1. The van der Waals surface area contributed by atoms with Crippen LogP contribution < -0.4 is 9.46 Å². The van der Waals surface area contributed by atoms with Crippen molar-refractivity contribution >= 4 is 44.8 Å². The molecule has 0 radical (unpaired) electrons. The van der Waals surface area contributed by atoms with E-state index in [1.54, 1.807) is 24.3 Å². The second-order valence-corrected chi connectivity index (χ2v) is 7.71. The first kappa shape index (κ1) is 18.2. The van der Waals surface area contributed by atoms with Crippen LogP contribution in [0, 0.1) is 0 Å². The highest BCUT2D eigenvalue weighted by molar-refractivity contribution is 7.92. The van der Waals surface area contributed by atoms with Crippen LogP contribution >= 0.6 is 23.1 Å². The zero-order valence-corrected chi connectivity index (χ0v) is 15.3. The molecule has 0 aliphatic carbocycles. The van der Waals surface area contributed by atoms with Gasteiger partial charge in [0.2, 0.25) is 0 Å². The summed E-state index contributed by atoms with van der Waals surface area (Å²) in [5, 5.41) is 10.7. The van der Waals surface area contributed by atoms with Crippen molar-refractivity contribution < 1.29 is 23.1 Å². The Kier molecular flexibility index (Phi) is 5.12. The number of nitrogens with zero attached hydrogens (tertiary/aromatic N) is 1. The van der Waals surface area contributed by atoms with Gasteiger partial charge in [-0.05, 0) is 47.9 Å². The minimum absolute atomic E-state index is 0.0495. The third-order valence-corrected chi connectivity index (χ3v) is 5.54. The number of hydrogen-bond donors (Lipinski definition) is 2. The average molecular weight is 411 g/mol. The van der Waals surface area contributed by atoms with Gasteiger partial charge in [-0.25, -0.2) is 13.2 Å². The van der Waals surface area contributed by atoms with Gasteiger partial charge in [-0.15, -0.1) is 0 Å². The zero-order chi connectivity index (χ0) is 18.7. The van der Waals surface area contributed by atoms with Gasteiger partial charge >= 0.3 is 5.97 Å². The summed E-state index contributed by atoms with van der Waals surface area (Å²) in [6, 6.07) is 12.5. The van der Waals surface area contributed by atoms with Gasteiger partial charge in [0.15, 0.2) is 5.69 Å². The van der Waals surface area contributed by atoms with E-state index < -0.39 is 16.0 Å². The smallest absolute Gasteiger partial charge is 0.357 e. The van der Waals surface area contributed by atoms with E-state index in [4.69, 9.17) is 21.4 Å². The fraction of sp³-hybridized carbons (Fsp3) is 0. The van der Waals surface area contributed by atoms with Crippen LogP contribution in [0.2, 0.25) is 5.02 Å². The Balaban J connectivity index is 1.80. The summed E-state index contributed by atoms with van der Waals surface area (Å²) >= 11 is 6.86. The molecule has 3 rings (SSSR count). The zero-order valence-electron chi connectivity index (χ0n) is 12.9. The lowest BCUT2D eigenvalue weighted by atomic mass is 10.3. The lowest BCUT2D eigenvalue weighted by Gasteiger charge is -2.09. The molecule has 0 bridgehead atoms. The summed E-state index contributed by atoms with van der Waals surface area (Å²) in [4.78, 5) is 11.0. The number of para-hydroxylation sites is 1. The number of benzene rings is 2.